The molecule has 0 saturated carbocycles. The average molecular weight is 205 g/mol. The lowest BCUT2D eigenvalue weighted by Crippen LogP contribution is -2.17. The van der Waals surface area contributed by atoms with Crippen molar-refractivity contribution in [2.45, 2.75) is 12.7 Å². The van der Waals surface area contributed by atoms with Crippen molar-refractivity contribution in [1.29, 1.82) is 0 Å². The SMILES string of the molecule is [N-]=[N+]=NC[C@@H](C=O)OCc1ccccc1. The highest BCUT2D eigenvalue weighted by Gasteiger charge is 2.05. The molecule has 1 aromatic rings. The second-order valence-electron chi connectivity index (χ2n) is 2.88. The van der Waals surface area contributed by atoms with Gasteiger partial charge in [0.25, 0.3) is 0 Å². The number of hydrogen-bond donors (Lipinski definition) is 0. The summed E-state index contributed by atoms with van der Waals surface area (Å²) in [6.07, 6.45) is -0.0291. The number of hydrogen-bond acceptors (Lipinski definition) is 3. The first kappa shape index (κ1) is 11.2. The van der Waals surface area contributed by atoms with Crippen LogP contribution in [0.2, 0.25) is 0 Å². The van der Waals surface area contributed by atoms with E-state index in [0.29, 0.717) is 12.9 Å². The summed E-state index contributed by atoms with van der Waals surface area (Å²) in [6, 6.07) is 9.48. The number of ether oxygens (including phenoxy) is 1. The van der Waals surface area contributed by atoms with Gasteiger partial charge in [-0.1, -0.05) is 35.4 Å². The van der Waals surface area contributed by atoms with E-state index in [2.05, 4.69) is 10.0 Å². The Balaban J connectivity index is 2.40. The highest BCUT2D eigenvalue weighted by atomic mass is 16.5. The zero-order valence-electron chi connectivity index (χ0n) is 8.11. The Morgan fingerprint density at radius 3 is 2.80 bits per heavy atom. The Morgan fingerprint density at radius 2 is 2.20 bits per heavy atom. The molecule has 1 aromatic carbocycles. The van der Waals surface area contributed by atoms with Crippen molar-refractivity contribution in [2.75, 3.05) is 6.54 Å². The fraction of sp³-hybridized carbons (Fsp3) is 0.300. The van der Waals surface area contributed by atoms with Gasteiger partial charge in [0.15, 0.2) is 0 Å². The van der Waals surface area contributed by atoms with Gasteiger partial charge in [0, 0.05) is 4.91 Å². The van der Waals surface area contributed by atoms with E-state index in [0.717, 1.165) is 5.56 Å². The van der Waals surface area contributed by atoms with Gasteiger partial charge in [0.1, 0.15) is 12.4 Å². The van der Waals surface area contributed by atoms with Crippen molar-refractivity contribution in [2.24, 2.45) is 5.11 Å². The summed E-state index contributed by atoms with van der Waals surface area (Å²) in [6.45, 7) is 0.373. The van der Waals surface area contributed by atoms with Gasteiger partial charge in [-0.3, -0.25) is 0 Å². The van der Waals surface area contributed by atoms with Crippen LogP contribution in [-0.2, 0) is 16.1 Å². The first-order valence-electron chi connectivity index (χ1n) is 4.48. The van der Waals surface area contributed by atoms with Gasteiger partial charge in [0.2, 0.25) is 0 Å². The molecule has 0 bridgehead atoms. The van der Waals surface area contributed by atoms with Gasteiger partial charge in [-0.15, -0.1) is 0 Å². The molecule has 1 rings (SSSR count). The minimum Gasteiger partial charge on any atom is -0.366 e. The molecular formula is C10H11N3O2. The lowest BCUT2D eigenvalue weighted by molar-refractivity contribution is -0.118. The zero-order valence-corrected chi connectivity index (χ0v) is 8.11. The molecule has 0 heterocycles. The fourth-order valence-corrected chi connectivity index (χ4v) is 1.03. The third-order valence-corrected chi connectivity index (χ3v) is 1.78. The Morgan fingerprint density at radius 1 is 1.47 bits per heavy atom. The van der Waals surface area contributed by atoms with Crippen LogP contribution < -0.4 is 0 Å². The minimum atomic E-state index is -0.666. The number of rotatable bonds is 6. The molecule has 0 N–H and O–H groups in total. The number of carbonyl (C=O) groups is 1. The Bertz CT molecular complexity index is 347. The number of aldehydes is 1. The third-order valence-electron chi connectivity index (χ3n) is 1.78. The topological polar surface area (TPSA) is 75.1 Å². The summed E-state index contributed by atoms with van der Waals surface area (Å²) in [5, 5.41) is 3.28. The maximum Gasteiger partial charge on any atom is 0.148 e. The smallest absolute Gasteiger partial charge is 0.148 e. The van der Waals surface area contributed by atoms with Crippen LogP contribution in [0.25, 0.3) is 10.4 Å². The highest BCUT2D eigenvalue weighted by molar-refractivity contribution is 5.56. The van der Waals surface area contributed by atoms with Gasteiger partial charge in [0.05, 0.1) is 13.2 Å². The number of azide groups is 1. The van der Waals surface area contributed by atoms with E-state index in [1.54, 1.807) is 0 Å². The summed E-state index contributed by atoms with van der Waals surface area (Å²) < 4.78 is 5.25. The van der Waals surface area contributed by atoms with Gasteiger partial charge in [-0.05, 0) is 11.1 Å². The standard InChI is InChI=1S/C10H11N3O2/c11-13-12-6-10(7-14)15-8-9-4-2-1-3-5-9/h1-5,7,10H,6,8H2/t10-/m0/s1. The van der Waals surface area contributed by atoms with Crippen molar-refractivity contribution in [3.8, 4) is 0 Å². The van der Waals surface area contributed by atoms with Crippen molar-refractivity contribution < 1.29 is 9.53 Å². The van der Waals surface area contributed by atoms with Crippen LogP contribution in [0.15, 0.2) is 35.4 Å². The zero-order chi connectivity index (χ0) is 10.9. The molecule has 15 heavy (non-hydrogen) atoms. The number of nitrogens with zero attached hydrogens (tertiary/aromatic N) is 3. The van der Waals surface area contributed by atoms with E-state index in [1.807, 2.05) is 30.3 Å². The molecule has 5 nitrogen and oxygen atoms in total. The largest absolute Gasteiger partial charge is 0.366 e. The van der Waals surface area contributed by atoms with Crippen LogP contribution in [-0.4, -0.2) is 18.9 Å². The number of benzene rings is 1. The maximum atomic E-state index is 10.5. The molecule has 1 atom stereocenters. The average Bonchev–Trinajstić information content (AvgIpc) is 2.31. The minimum absolute atomic E-state index is 0.0346. The summed E-state index contributed by atoms with van der Waals surface area (Å²) in [4.78, 5) is 13.1. The lowest BCUT2D eigenvalue weighted by atomic mass is 10.2. The maximum absolute atomic E-state index is 10.5. The van der Waals surface area contributed by atoms with E-state index in [-0.39, 0.29) is 6.54 Å². The molecular weight excluding hydrogens is 194 g/mol. The van der Waals surface area contributed by atoms with E-state index >= 15 is 0 Å². The van der Waals surface area contributed by atoms with E-state index in [1.165, 1.54) is 0 Å². The third kappa shape index (κ3) is 4.26. The van der Waals surface area contributed by atoms with Crippen LogP contribution in [0.5, 0.6) is 0 Å². The molecule has 0 unspecified atom stereocenters. The molecule has 0 saturated heterocycles. The van der Waals surface area contributed by atoms with E-state index in [9.17, 15) is 4.79 Å². The molecule has 0 radical (unpaired) electrons. The second-order valence-corrected chi connectivity index (χ2v) is 2.88. The van der Waals surface area contributed by atoms with Gasteiger partial charge in [-0.2, -0.15) is 0 Å². The molecule has 0 amide bonds. The Hall–Kier alpha value is -1.84. The van der Waals surface area contributed by atoms with Gasteiger partial charge in [-0.25, -0.2) is 0 Å². The van der Waals surface area contributed by atoms with Crippen LogP contribution in [0.1, 0.15) is 5.56 Å². The van der Waals surface area contributed by atoms with Crippen LogP contribution >= 0.6 is 0 Å². The van der Waals surface area contributed by atoms with Crippen molar-refractivity contribution >= 4 is 6.29 Å². The molecule has 0 aliphatic heterocycles. The first-order valence-corrected chi connectivity index (χ1v) is 4.48. The normalized spacial score (nSPS) is 11.5. The van der Waals surface area contributed by atoms with Gasteiger partial charge >= 0.3 is 0 Å². The van der Waals surface area contributed by atoms with Crippen LogP contribution in [0, 0.1) is 0 Å². The van der Waals surface area contributed by atoms with Crippen molar-refractivity contribution in [1.82, 2.24) is 0 Å². The Labute approximate surface area is 87.3 Å². The monoisotopic (exact) mass is 205 g/mol. The van der Waals surface area contributed by atoms with Gasteiger partial charge < -0.3 is 9.53 Å². The highest BCUT2D eigenvalue weighted by Crippen LogP contribution is 2.02. The molecule has 0 aromatic heterocycles. The van der Waals surface area contributed by atoms with Crippen LogP contribution in [0.3, 0.4) is 0 Å². The molecule has 0 fully saturated rings. The second kappa shape index (κ2) is 6.59. The number of carbonyl (C=O) groups excluding carboxylic acids is 1. The molecule has 5 heteroatoms. The molecule has 0 aliphatic carbocycles. The quantitative estimate of drug-likeness (QED) is 0.308. The molecule has 0 spiro atoms. The predicted octanol–water partition coefficient (Wildman–Crippen LogP) is 2.08. The predicted molar refractivity (Wildman–Crippen MR) is 55.1 cm³/mol. The van der Waals surface area contributed by atoms with E-state index in [4.69, 9.17) is 10.3 Å². The van der Waals surface area contributed by atoms with Crippen LogP contribution in [0.4, 0.5) is 0 Å². The summed E-state index contributed by atoms with van der Waals surface area (Å²) in [7, 11) is 0. The molecule has 78 valence electrons. The first-order chi connectivity index (χ1) is 7.36. The summed E-state index contributed by atoms with van der Waals surface area (Å²) in [5.41, 5.74) is 9.06. The molecule has 0 aliphatic rings. The lowest BCUT2D eigenvalue weighted by Gasteiger charge is -2.08. The summed E-state index contributed by atoms with van der Waals surface area (Å²) in [5.74, 6) is 0. The van der Waals surface area contributed by atoms with E-state index < -0.39 is 6.10 Å². The Kier molecular flexibility index (Phi) is 4.94. The van der Waals surface area contributed by atoms with Crippen molar-refractivity contribution in [3.05, 3.63) is 46.3 Å². The summed E-state index contributed by atoms with van der Waals surface area (Å²) >= 11 is 0. The fourth-order valence-electron chi connectivity index (χ4n) is 1.03. The van der Waals surface area contributed by atoms with Crippen molar-refractivity contribution in [3.63, 3.8) is 0 Å².